The molecule has 0 bridgehead atoms. The number of carboxylic acids is 1. The van der Waals surface area contributed by atoms with Crippen molar-refractivity contribution in [2.75, 3.05) is 13.2 Å². The smallest absolute Gasteiger partial charge is 0.486 e. The van der Waals surface area contributed by atoms with Crippen LogP contribution in [-0.2, 0) is 9.53 Å². The number of rotatable bonds is 3. The van der Waals surface area contributed by atoms with Gasteiger partial charge in [0, 0.05) is 18.8 Å². The van der Waals surface area contributed by atoms with E-state index in [4.69, 9.17) is 23.9 Å². The molecule has 1 saturated heterocycles. The predicted octanol–water partition coefficient (Wildman–Crippen LogP) is 2.46. The van der Waals surface area contributed by atoms with Crippen molar-refractivity contribution in [2.24, 2.45) is 0 Å². The fourth-order valence-corrected chi connectivity index (χ4v) is 3.50. The molecule has 0 spiro atoms. The molecular formula is C19H20F3N3O6. The Bertz CT molecular complexity index is 905. The quantitative estimate of drug-likeness (QED) is 0.770. The Hall–Kier alpha value is -3.15. The maximum Gasteiger partial charge on any atom is 0.490 e. The standard InChI is InChI=1S/C17H19N3O4.C2HF3O2/c1-11-9-13(19-24-11)17(21)20-7-8-22-16-14(20)4-5-15(16)23-12-3-2-6-18-10-12;3-2(4,5)1(6)7/h2-3,6,9-10,14-16H,4-5,7-8H2,1H3;(H,6,7)/t14-,15-,16+;/m0./s1. The lowest BCUT2D eigenvalue weighted by atomic mass is 10.1. The van der Waals surface area contributed by atoms with Crippen molar-refractivity contribution < 1.29 is 41.9 Å². The maximum atomic E-state index is 12.7. The Morgan fingerprint density at radius 1 is 1.32 bits per heavy atom. The second-order valence-electron chi connectivity index (χ2n) is 6.95. The van der Waals surface area contributed by atoms with Crippen LogP contribution in [0.2, 0.25) is 0 Å². The van der Waals surface area contributed by atoms with Crippen molar-refractivity contribution >= 4 is 11.9 Å². The number of aromatic nitrogens is 2. The Balaban J connectivity index is 0.000000339. The zero-order chi connectivity index (χ0) is 22.6. The molecule has 1 aliphatic carbocycles. The van der Waals surface area contributed by atoms with Crippen molar-refractivity contribution in [3.05, 3.63) is 42.0 Å². The van der Waals surface area contributed by atoms with Gasteiger partial charge in [-0.15, -0.1) is 0 Å². The molecule has 1 aliphatic heterocycles. The van der Waals surface area contributed by atoms with Gasteiger partial charge in [0.2, 0.25) is 0 Å². The Morgan fingerprint density at radius 3 is 2.65 bits per heavy atom. The molecule has 0 unspecified atom stereocenters. The third-order valence-corrected chi connectivity index (χ3v) is 4.81. The van der Waals surface area contributed by atoms with Gasteiger partial charge in [-0.2, -0.15) is 13.2 Å². The van der Waals surface area contributed by atoms with Crippen LogP contribution in [-0.4, -0.2) is 69.6 Å². The minimum Gasteiger partial charge on any atom is -0.486 e. The van der Waals surface area contributed by atoms with Crippen molar-refractivity contribution in [2.45, 2.75) is 44.2 Å². The third-order valence-electron chi connectivity index (χ3n) is 4.81. The number of aryl methyl sites for hydroxylation is 1. The van der Waals surface area contributed by atoms with E-state index in [1.807, 2.05) is 17.0 Å². The average molecular weight is 443 g/mol. The highest BCUT2D eigenvalue weighted by Crippen LogP contribution is 2.33. The van der Waals surface area contributed by atoms with E-state index in [0.717, 1.165) is 18.6 Å². The van der Waals surface area contributed by atoms with Crippen molar-refractivity contribution in [3.63, 3.8) is 0 Å². The number of aliphatic carboxylic acids is 1. The third kappa shape index (κ3) is 5.51. The van der Waals surface area contributed by atoms with Crippen LogP contribution >= 0.6 is 0 Å². The number of morpholine rings is 1. The van der Waals surface area contributed by atoms with E-state index >= 15 is 0 Å². The summed E-state index contributed by atoms with van der Waals surface area (Å²) in [4.78, 5) is 27.5. The molecule has 3 heterocycles. The van der Waals surface area contributed by atoms with Gasteiger partial charge in [0.1, 0.15) is 23.7 Å². The molecule has 1 saturated carbocycles. The lowest BCUT2D eigenvalue weighted by Gasteiger charge is -2.38. The average Bonchev–Trinajstić information content (AvgIpc) is 3.34. The Kier molecular flexibility index (Phi) is 6.78. The number of carbonyl (C=O) groups excluding carboxylic acids is 1. The maximum absolute atomic E-state index is 12.7. The van der Waals surface area contributed by atoms with Gasteiger partial charge in [0.05, 0.1) is 18.8 Å². The molecule has 2 fully saturated rings. The van der Waals surface area contributed by atoms with E-state index in [0.29, 0.717) is 24.6 Å². The number of pyridine rings is 1. The number of hydrogen-bond acceptors (Lipinski definition) is 7. The van der Waals surface area contributed by atoms with Crippen LogP contribution in [0.4, 0.5) is 13.2 Å². The SMILES string of the molecule is Cc1cc(C(=O)N2CCO[C@H]3[C@@H](Oc4cccnc4)CC[C@@H]32)no1.O=C(O)C(F)(F)F. The van der Waals surface area contributed by atoms with Crippen LogP contribution in [0, 0.1) is 6.92 Å². The predicted molar refractivity (Wildman–Crippen MR) is 97.4 cm³/mol. The molecule has 0 aromatic carbocycles. The summed E-state index contributed by atoms with van der Waals surface area (Å²) in [6.07, 6.45) is -0.201. The first-order chi connectivity index (χ1) is 14.7. The normalized spacial score (nSPS) is 22.8. The van der Waals surface area contributed by atoms with Gasteiger partial charge >= 0.3 is 12.1 Å². The highest BCUT2D eigenvalue weighted by atomic mass is 19.4. The first kappa shape index (κ1) is 22.5. The number of ether oxygens (including phenoxy) is 2. The molecule has 1 amide bonds. The molecule has 168 valence electrons. The number of nitrogens with zero attached hydrogens (tertiary/aromatic N) is 3. The summed E-state index contributed by atoms with van der Waals surface area (Å²) in [5.74, 6) is -1.51. The number of carbonyl (C=O) groups is 2. The summed E-state index contributed by atoms with van der Waals surface area (Å²) in [5.41, 5.74) is 0.352. The molecule has 3 atom stereocenters. The topological polar surface area (TPSA) is 115 Å². The summed E-state index contributed by atoms with van der Waals surface area (Å²) in [5, 5.41) is 11.0. The van der Waals surface area contributed by atoms with Crippen LogP contribution in [0.15, 0.2) is 35.1 Å². The fraction of sp³-hybridized carbons (Fsp3) is 0.474. The minimum absolute atomic E-state index is 0.00456. The van der Waals surface area contributed by atoms with Crippen LogP contribution < -0.4 is 4.74 Å². The number of hydrogen-bond donors (Lipinski definition) is 1. The molecule has 31 heavy (non-hydrogen) atoms. The number of amides is 1. The molecule has 1 N–H and O–H groups in total. The number of carboxylic acid groups (broad SMARTS) is 1. The van der Waals surface area contributed by atoms with E-state index in [1.54, 1.807) is 25.4 Å². The summed E-state index contributed by atoms with van der Waals surface area (Å²) >= 11 is 0. The van der Waals surface area contributed by atoms with Gasteiger partial charge in [0.25, 0.3) is 5.91 Å². The van der Waals surface area contributed by atoms with Gasteiger partial charge in [0.15, 0.2) is 5.69 Å². The lowest BCUT2D eigenvalue weighted by Crippen LogP contribution is -2.54. The van der Waals surface area contributed by atoms with E-state index < -0.39 is 12.1 Å². The minimum atomic E-state index is -5.08. The molecule has 2 aromatic rings. The second-order valence-corrected chi connectivity index (χ2v) is 6.95. The van der Waals surface area contributed by atoms with Crippen LogP contribution in [0.1, 0.15) is 29.1 Å². The lowest BCUT2D eigenvalue weighted by molar-refractivity contribution is -0.192. The summed E-state index contributed by atoms with van der Waals surface area (Å²) in [6.45, 7) is 2.83. The van der Waals surface area contributed by atoms with E-state index in [9.17, 15) is 18.0 Å². The highest BCUT2D eigenvalue weighted by molar-refractivity contribution is 5.92. The first-order valence-electron chi connectivity index (χ1n) is 9.39. The molecule has 4 rings (SSSR count). The summed E-state index contributed by atoms with van der Waals surface area (Å²) < 4.78 is 48.7. The molecule has 12 heteroatoms. The Morgan fingerprint density at radius 2 is 2.06 bits per heavy atom. The van der Waals surface area contributed by atoms with Gasteiger partial charge in [-0.05, 0) is 31.9 Å². The largest absolute Gasteiger partial charge is 0.490 e. The van der Waals surface area contributed by atoms with Crippen molar-refractivity contribution in [3.8, 4) is 5.75 Å². The highest BCUT2D eigenvalue weighted by Gasteiger charge is 2.46. The van der Waals surface area contributed by atoms with E-state index in [2.05, 4.69) is 10.1 Å². The number of alkyl halides is 3. The fourth-order valence-electron chi connectivity index (χ4n) is 3.50. The van der Waals surface area contributed by atoms with Crippen LogP contribution in [0.25, 0.3) is 0 Å². The first-order valence-corrected chi connectivity index (χ1v) is 9.39. The zero-order valence-electron chi connectivity index (χ0n) is 16.4. The molecule has 2 aliphatic rings. The van der Waals surface area contributed by atoms with E-state index in [-0.39, 0.29) is 24.2 Å². The summed E-state index contributed by atoms with van der Waals surface area (Å²) in [7, 11) is 0. The number of fused-ring (bicyclic) bond motifs is 1. The van der Waals surface area contributed by atoms with E-state index in [1.165, 1.54) is 0 Å². The van der Waals surface area contributed by atoms with Crippen LogP contribution in [0.5, 0.6) is 5.75 Å². The van der Waals surface area contributed by atoms with Gasteiger partial charge in [-0.1, -0.05) is 5.16 Å². The molecule has 9 nitrogen and oxygen atoms in total. The van der Waals surface area contributed by atoms with Gasteiger partial charge in [-0.3, -0.25) is 9.78 Å². The molecule has 2 aromatic heterocycles. The van der Waals surface area contributed by atoms with Gasteiger partial charge in [-0.25, -0.2) is 4.79 Å². The van der Waals surface area contributed by atoms with Gasteiger partial charge < -0.3 is 24.0 Å². The number of halogens is 3. The second kappa shape index (κ2) is 9.33. The van der Waals surface area contributed by atoms with Crippen molar-refractivity contribution in [1.29, 1.82) is 0 Å². The summed E-state index contributed by atoms with van der Waals surface area (Å²) in [6, 6.07) is 5.40. The monoisotopic (exact) mass is 443 g/mol. The van der Waals surface area contributed by atoms with Crippen molar-refractivity contribution in [1.82, 2.24) is 15.0 Å². The molecular weight excluding hydrogens is 423 g/mol. The Labute approximate surface area is 174 Å². The molecule has 0 radical (unpaired) electrons. The zero-order valence-corrected chi connectivity index (χ0v) is 16.4. The van der Waals surface area contributed by atoms with Crippen LogP contribution in [0.3, 0.4) is 0 Å².